The van der Waals surface area contributed by atoms with E-state index in [2.05, 4.69) is 4.99 Å². The molecule has 0 N–H and O–H groups in total. The summed E-state index contributed by atoms with van der Waals surface area (Å²) in [7, 11) is 0.148. The number of rotatable bonds is 3. The molecule has 0 radical (unpaired) electrons. The first kappa shape index (κ1) is 17.4. The fraction of sp³-hybridized carbons (Fsp3) is 0.176. The first-order valence-electron chi connectivity index (χ1n) is 7.32. The van der Waals surface area contributed by atoms with Gasteiger partial charge in [-0.3, -0.25) is 4.79 Å². The Bertz CT molecular complexity index is 1120. The van der Waals surface area contributed by atoms with E-state index in [9.17, 15) is 13.2 Å². The first-order valence-corrected chi connectivity index (χ1v) is 10.0. The third-order valence-corrected chi connectivity index (χ3v) is 5.97. The molecule has 0 bridgehead atoms. The van der Waals surface area contributed by atoms with E-state index < -0.39 is 15.7 Å². The molecule has 0 spiro atoms. The second kappa shape index (κ2) is 6.45. The number of benzene rings is 2. The van der Waals surface area contributed by atoms with Crippen molar-refractivity contribution in [2.75, 3.05) is 13.4 Å². The third-order valence-electron chi connectivity index (χ3n) is 3.74. The molecule has 1 heterocycles. The zero-order chi connectivity index (χ0) is 18.2. The van der Waals surface area contributed by atoms with Crippen LogP contribution in [0.4, 0.5) is 0 Å². The minimum absolute atomic E-state index is 0.170. The second-order valence-corrected chi connectivity index (χ2v) is 8.52. The summed E-state index contributed by atoms with van der Waals surface area (Å²) in [6, 6.07) is 11.4. The number of carbonyl (C=O) groups is 1. The Morgan fingerprint density at radius 1 is 1.16 bits per heavy atom. The Morgan fingerprint density at radius 3 is 2.44 bits per heavy atom. The predicted molar refractivity (Wildman–Crippen MR) is 96.8 cm³/mol. The molecule has 6 nitrogen and oxygen atoms in total. The molecule has 1 aromatic heterocycles. The second-order valence-electron chi connectivity index (χ2n) is 5.49. The van der Waals surface area contributed by atoms with Crippen LogP contribution in [0, 0.1) is 0 Å². The molecule has 3 rings (SSSR count). The average molecular weight is 376 g/mol. The van der Waals surface area contributed by atoms with Gasteiger partial charge in [-0.15, -0.1) is 0 Å². The van der Waals surface area contributed by atoms with Gasteiger partial charge in [0.1, 0.15) is 5.75 Å². The van der Waals surface area contributed by atoms with Gasteiger partial charge in [-0.2, -0.15) is 4.99 Å². The summed E-state index contributed by atoms with van der Waals surface area (Å²) in [5, 5.41) is 0. The molecule has 0 atom stereocenters. The maximum atomic E-state index is 12.4. The van der Waals surface area contributed by atoms with Crippen molar-refractivity contribution in [1.29, 1.82) is 0 Å². The quantitative estimate of drug-likeness (QED) is 0.703. The van der Waals surface area contributed by atoms with E-state index in [0.717, 1.165) is 22.2 Å². The number of hydrogen-bond donors (Lipinski definition) is 0. The van der Waals surface area contributed by atoms with Gasteiger partial charge in [0, 0.05) is 18.9 Å². The highest BCUT2D eigenvalue weighted by Gasteiger charge is 2.11. The van der Waals surface area contributed by atoms with Gasteiger partial charge < -0.3 is 9.30 Å². The number of fused-ring (bicyclic) bond motifs is 1. The van der Waals surface area contributed by atoms with E-state index in [1.807, 2.05) is 29.8 Å². The molecule has 0 aliphatic rings. The van der Waals surface area contributed by atoms with E-state index in [4.69, 9.17) is 4.74 Å². The van der Waals surface area contributed by atoms with Gasteiger partial charge in [-0.05, 0) is 42.5 Å². The fourth-order valence-electron chi connectivity index (χ4n) is 2.34. The van der Waals surface area contributed by atoms with Crippen molar-refractivity contribution in [3.8, 4) is 5.75 Å². The molecule has 0 fully saturated rings. The van der Waals surface area contributed by atoms with Crippen LogP contribution in [0.5, 0.6) is 5.75 Å². The predicted octanol–water partition coefficient (Wildman–Crippen LogP) is 2.39. The average Bonchev–Trinajstić information content (AvgIpc) is 2.89. The van der Waals surface area contributed by atoms with Crippen molar-refractivity contribution in [3.63, 3.8) is 0 Å². The van der Waals surface area contributed by atoms with E-state index in [0.29, 0.717) is 10.4 Å². The minimum atomic E-state index is -3.29. The molecule has 0 aliphatic carbocycles. The van der Waals surface area contributed by atoms with Gasteiger partial charge in [0.15, 0.2) is 14.6 Å². The number of carbonyl (C=O) groups excluding carboxylic acids is 1. The van der Waals surface area contributed by atoms with Crippen molar-refractivity contribution in [3.05, 3.63) is 52.8 Å². The van der Waals surface area contributed by atoms with Crippen LogP contribution in [0.25, 0.3) is 10.2 Å². The Morgan fingerprint density at radius 2 is 1.84 bits per heavy atom. The molecule has 0 saturated carbocycles. The zero-order valence-corrected chi connectivity index (χ0v) is 15.5. The lowest BCUT2D eigenvalue weighted by Gasteiger charge is -2.00. The molecule has 0 aliphatic heterocycles. The molecular weight excluding hydrogens is 360 g/mol. The summed E-state index contributed by atoms with van der Waals surface area (Å²) >= 11 is 1.38. The number of aryl methyl sites for hydroxylation is 1. The van der Waals surface area contributed by atoms with E-state index in [-0.39, 0.29) is 4.90 Å². The normalized spacial score (nSPS) is 12.5. The van der Waals surface area contributed by atoms with Crippen LogP contribution in [0.15, 0.2) is 52.4 Å². The molecule has 130 valence electrons. The number of thiazole rings is 1. The number of ether oxygens (including phenoxy) is 1. The van der Waals surface area contributed by atoms with Gasteiger partial charge in [0.25, 0.3) is 5.91 Å². The standard InChI is InChI=1S/C17H16N2O4S2/c1-19-14-9-6-12(23-2)10-15(14)24-17(19)18-16(20)11-4-7-13(8-5-11)25(3,21)22/h4-10H,1-3H3. The van der Waals surface area contributed by atoms with E-state index in [1.165, 1.54) is 35.6 Å². The Hall–Kier alpha value is -2.45. The largest absolute Gasteiger partial charge is 0.497 e. The first-order chi connectivity index (χ1) is 11.8. The van der Waals surface area contributed by atoms with Gasteiger partial charge in [-0.1, -0.05) is 11.3 Å². The molecule has 2 aromatic carbocycles. The van der Waals surface area contributed by atoms with Crippen LogP contribution in [0.1, 0.15) is 10.4 Å². The van der Waals surface area contributed by atoms with E-state index in [1.54, 1.807) is 7.11 Å². The van der Waals surface area contributed by atoms with Gasteiger partial charge in [0.05, 0.1) is 22.2 Å². The van der Waals surface area contributed by atoms with Crippen LogP contribution in [0.3, 0.4) is 0 Å². The van der Waals surface area contributed by atoms with Crippen LogP contribution in [-0.2, 0) is 16.9 Å². The number of methoxy groups -OCH3 is 1. The highest BCUT2D eigenvalue weighted by atomic mass is 32.2. The summed E-state index contributed by atoms with van der Waals surface area (Å²) in [5.41, 5.74) is 1.28. The number of hydrogen-bond acceptors (Lipinski definition) is 5. The topological polar surface area (TPSA) is 77.7 Å². The smallest absolute Gasteiger partial charge is 0.279 e. The molecule has 0 unspecified atom stereocenters. The van der Waals surface area contributed by atoms with Crippen LogP contribution in [-0.4, -0.2) is 32.3 Å². The molecule has 3 aromatic rings. The minimum Gasteiger partial charge on any atom is -0.497 e. The fourth-order valence-corrected chi connectivity index (χ4v) is 4.02. The maximum absolute atomic E-state index is 12.4. The highest BCUT2D eigenvalue weighted by Crippen LogP contribution is 2.22. The number of amides is 1. The summed E-state index contributed by atoms with van der Waals surface area (Å²) < 4.78 is 31.0. The van der Waals surface area contributed by atoms with Crippen molar-refractivity contribution >= 4 is 37.3 Å². The number of sulfone groups is 1. The highest BCUT2D eigenvalue weighted by molar-refractivity contribution is 7.90. The Kier molecular flexibility index (Phi) is 4.49. The SMILES string of the molecule is COc1ccc2c(c1)sc(=NC(=O)c1ccc(S(C)(=O)=O)cc1)n2C. The Balaban J connectivity index is 2.01. The molecule has 8 heteroatoms. The van der Waals surface area contributed by atoms with Crippen molar-refractivity contribution in [2.24, 2.45) is 12.0 Å². The monoisotopic (exact) mass is 376 g/mol. The zero-order valence-electron chi connectivity index (χ0n) is 13.9. The molecule has 25 heavy (non-hydrogen) atoms. The van der Waals surface area contributed by atoms with Gasteiger partial charge in [0.2, 0.25) is 0 Å². The Labute approximate surface area is 148 Å². The lowest BCUT2D eigenvalue weighted by Crippen LogP contribution is -2.13. The van der Waals surface area contributed by atoms with E-state index >= 15 is 0 Å². The lowest BCUT2D eigenvalue weighted by molar-refractivity contribution is 0.0998. The van der Waals surface area contributed by atoms with Crippen molar-refractivity contribution < 1.29 is 17.9 Å². The summed E-state index contributed by atoms with van der Waals surface area (Å²) in [6.07, 6.45) is 1.12. The van der Waals surface area contributed by atoms with Gasteiger partial charge in [-0.25, -0.2) is 8.42 Å². The molecule has 1 amide bonds. The molecule has 0 saturated heterocycles. The van der Waals surface area contributed by atoms with Gasteiger partial charge >= 0.3 is 0 Å². The number of aromatic nitrogens is 1. The lowest BCUT2D eigenvalue weighted by atomic mass is 10.2. The van der Waals surface area contributed by atoms with Crippen molar-refractivity contribution in [1.82, 2.24) is 4.57 Å². The summed E-state index contributed by atoms with van der Waals surface area (Å²) in [6.45, 7) is 0. The summed E-state index contributed by atoms with van der Waals surface area (Å²) in [5.74, 6) is 0.317. The third kappa shape index (κ3) is 3.49. The number of nitrogens with zero attached hydrogens (tertiary/aromatic N) is 2. The van der Waals surface area contributed by atoms with Crippen LogP contribution in [0.2, 0.25) is 0 Å². The van der Waals surface area contributed by atoms with Crippen LogP contribution < -0.4 is 9.54 Å². The summed E-state index contributed by atoms with van der Waals surface area (Å²) in [4.78, 5) is 17.3. The van der Waals surface area contributed by atoms with Crippen LogP contribution >= 0.6 is 11.3 Å². The van der Waals surface area contributed by atoms with Crippen molar-refractivity contribution in [2.45, 2.75) is 4.90 Å². The maximum Gasteiger partial charge on any atom is 0.279 e. The molecular formula is C17H16N2O4S2.